The van der Waals surface area contributed by atoms with E-state index in [1.807, 2.05) is 0 Å². The molecule has 0 radical (unpaired) electrons. The minimum atomic E-state index is -1.00. The minimum absolute atomic E-state index is 0.229. The number of nitrogens with one attached hydrogen (secondary N) is 1. The van der Waals surface area contributed by atoms with E-state index in [4.69, 9.17) is 9.63 Å². The molecular weight excluding hydrogens is 212 g/mol. The first-order valence-corrected chi connectivity index (χ1v) is 4.88. The number of hydrogen-bond acceptors (Lipinski definition) is 4. The fourth-order valence-electron chi connectivity index (χ4n) is 1.10. The second-order valence-corrected chi connectivity index (χ2v) is 3.74. The van der Waals surface area contributed by atoms with E-state index in [1.165, 1.54) is 6.92 Å². The van der Waals surface area contributed by atoms with E-state index in [9.17, 15) is 9.59 Å². The summed E-state index contributed by atoms with van der Waals surface area (Å²) in [6, 6.07) is 1.57. The lowest BCUT2D eigenvalue weighted by atomic mass is 9.95. The Morgan fingerprint density at radius 2 is 2.06 bits per heavy atom. The smallest absolute Gasteiger partial charge is 0.307 e. The quantitative estimate of drug-likeness (QED) is 0.806. The fourth-order valence-corrected chi connectivity index (χ4v) is 1.10. The minimum Gasteiger partial charge on any atom is -0.481 e. The molecular formula is C10H14N2O4. The van der Waals surface area contributed by atoms with Gasteiger partial charge in [-0.15, -0.1) is 0 Å². The summed E-state index contributed by atoms with van der Waals surface area (Å²) in [5, 5.41) is 14.8. The number of anilines is 1. The molecule has 88 valence electrons. The van der Waals surface area contributed by atoms with Crippen LogP contribution in [0, 0.1) is 18.8 Å². The Morgan fingerprint density at radius 1 is 1.44 bits per heavy atom. The zero-order valence-electron chi connectivity index (χ0n) is 9.35. The van der Waals surface area contributed by atoms with Crippen LogP contribution in [-0.4, -0.2) is 22.1 Å². The molecule has 0 bridgehead atoms. The molecule has 1 heterocycles. The van der Waals surface area contributed by atoms with Gasteiger partial charge in [0.05, 0.1) is 11.6 Å². The summed E-state index contributed by atoms with van der Waals surface area (Å²) >= 11 is 0. The largest absolute Gasteiger partial charge is 0.481 e. The predicted octanol–water partition coefficient (Wildman–Crippen LogP) is 1.28. The molecule has 0 aliphatic heterocycles. The first kappa shape index (κ1) is 12.2. The summed E-state index contributed by atoms with van der Waals surface area (Å²) in [6.07, 6.45) is 0. The van der Waals surface area contributed by atoms with Crippen LogP contribution in [0.4, 0.5) is 5.88 Å². The highest BCUT2D eigenvalue weighted by Crippen LogP contribution is 2.15. The number of aromatic nitrogens is 1. The molecule has 1 aromatic heterocycles. The van der Waals surface area contributed by atoms with Crippen LogP contribution in [0.5, 0.6) is 0 Å². The zero-order valence-corrected chi connectivity index (χ0v) is 9.35. The van der Waals surface area contributed by atoms with Gasteiger partial charge in [0.25, 0.3) is 0 Å². The van der Waals surface area contributed by atoms with Crippen molar-refractivity contribution in [1.82, 2.24) is 5.16 Å². The molecule has 2 atom stereocenters. The summed E-state index contributed by atoms with van der Waals surface area (Å²) in [4.78, 5) is 22.3. The molecule has 0 aliphatic carbocycles. The van der Waals surface area contributed by atoms with E-state index in [0.29, 0.717) is 5.69 Å². The molecule has 6 nitrogen and oxygen atoms in total. The SMILES string of the molecule is Cc1cc(NC(=O)C(C)C(C)C(=O)O)on1. The molecule has 6 heteroatoms. The number of carbonyl (C=O) groups excluding carboxylic acids is 1. The molecule has 2 unspecified atom stereocenters. The van der Waals surface area contributed by atoms with Crippen LogP contribution < -0.4 is 5.32 Å². The molecule has 1 amide bonds. The third kappa shape index (κ3) is 2.82. The highest BCUT2D eigenvalue weighted by molar-refractivity contribution is 5.93. The number of rotatable bonds is 4. The van der Waals surface area contributed by atoms with E-state index < -0.39 is 23.7 Å². The number of aryl methyl sites for hydroxylation is 1. The van der Waals surface area contributed by atoms with Crippen LogP contribution in [0.3, 0.4) is 0 Å². The molecule has 0 saturated carbocycles. The maximum atomic E-state index is 11.6. The van der Waals surface area contributed by atoms with Crippen LogP contribution in [-0.2, 0) is 9.59 Å². The van der Waals surface area contributed by atoms with Gasteiger partial charge in [0, 0.05) is 12.0 Å². The zero-order chi connectivity index (χ0) is 12.3. The lowest BCUT2D eigenvalue weighted by Crippen LogP contribution is -2.29. The summed E-state index contributed by atoms with van der Waals surface area (Å²) < 4.78 is 4.80. The number of carboxylic acid groups (broad SMARTS) is 1. The van der Waals surface area contributed by atoms with Crippen molar-refractivity contribution >= 4 is 17.8 Å². The number of nitrogens with zero attached hydrogens (tertiary/aromatic N) is 1. The molecule has 0 fully saturated rings. The van der Waals surface area contributed by atoms with Crippen LogP contribution in [0.25, 0.3) is 0 Å². The van der Waals surface area contributed by atoms with E-state index in [1.54, 1.807) is 19.9 Å². The van der Waals surface area contributed by atoms with Gasteiger partial charge in [0.2, 0.25) is 11.8 Å². The van der Waals surface area contributed by atoms with Crippen molar-refractivity contribution < 1.29 is 19.2 Å². The van der Waals surface area contributed by atoms with Gasteiger partial charge < -0.3 is 9.63 Å². The third-order valence-electron chi connectivity index (χ3n) is 2.43. The maximum absolute atomic E-state index is 11.6. The van der Waals surface area contributed by atoms with Crippen LogP contribution in [0.2, 0.25) is 0 Å². The van der Waals surface area contributed by atoms with Gasteiger partial charge in [-0.3, -0.25) is 14.9 Å². The highest BCUT2D eigenvalue weighted by atomic mass is 16.5. The number of amides is 1. The normalized spacial score (nSPS) is 14.2. The topological polar surface area (TPSA) is 92.4 Å². The number of carboxylic acids is 1. The second-order valence-electron chi connectivity index (χ2n) is 3.74. The van der Waals surface area contributed by atoms with E-state index in [0.717, 1.165) is 0 Å². The van der Waals surface area contributed by atoms with Crippen LogP contribution in [0.15, 0.2) is 10.6 Å². The van der Waals surface area contributed by atoms with E-state index in [-0.39, 0.29) is 5.88 Å². The summed E-state index contributed by atoms with van der Waals surface area (Å²) in [7, 11) is 0. The lowest BCUT2D eigenvalue weighted by molar-refractivity contribution is -0.145. The van der Waals surface area contributed by atoms with Gasteiger partial charge in [-0.2, -0.15) is 0 Å². The lowest BCUT2D eigenvalue weighted by Gasteiger charge is -2.14. The van der Waals surface area contributed by atoms with E-state index in [2.05, 4.69) is 10.5 Å². The Balaban J connectivity index is 2.62. The average molecular weight is 226 g/mol. The van der Waals surface area contributed by atoms with Crippen molar-refractivity contribution in [3.8, 4) is 0 Å². The van der Waals surface area contributed by atoms with Gasteiger partial charge in [-0.25, -0.2) is 0 Å². The number of carbonyl (C=O) groups is 2. The Labute approximate surface area is 92.6 Å². The van der Waals surface area contributed by atoms with Crippen molar-refractivity contribution in [3.63, 3.8) is 0 Å². The van der Waals surface area contributed by atoms with Gasteiger partial charge in [0.15, 0.2) is 0 Å². The first-order chi connectivity index (χ1) is 7.41. The summed E-state index contributed by atoms with van der Waals surface area (Å²) in [5.74, 6) is -2.55. The highest BCUT2D eigenvalue weighted by Gasteiger charge is 2.26. The molecule has 0 spiro atoms. The summed E-state index contributed by atoms with van der Waals surface area (Å²) in [5.41, 5.74) is 0.647. The van der Waals surface area contributed by atoms with Crippen molar-refractivity contribution in [1.29, 1.82) is 0 Å². The number of aliphatic carboxylic acids is 1. The van der Waals surface area contributed by atoms with Crippen LogP contribution in [0.1, 0.15) is 19.5 Å². The Morgan fingerprint density at radius 3 is 2.50 bits per heavy atom. The maximum Gasteiger partial charge on any atom is 0.307 e. The molecule has 16 heavy (non-hydrogen) atoms. The summed E-state index contributed by atoms with van der Waals surface area (Å²) in [6.45, 7) is 4.76. The van der Waals surface area contributed by atoms with Crippen LogP contribution >= 0.6 is 0 Å². The molecule has 1 aromatic rings. The average Bonchev–Trinajstić information content (AvgIpc) is 2.61. The molecule has 0 aliphatic rings. The van der Waals surface area contributed by atoms with Crippen molar-refractivity contribution in [3.05, 3.63) is 11.8 Å². The van der Waals surface area contributed by atoms with Gasteiger partial charge in [0.1, 0.15) is 0 Å². The van der Waals surface area contributed by atoms with Gasteiger partial charge >= 0.3 is 5.97 Å². The molecule has 0 saturated heterocycles. The standard InChI is InChI=1S/C10H14N2O4/c1-5-4-8(16-12-5)11-9(13)6(2)7(3)10(14)15/h4,6-7H,1-3H3,(H,11,13)(H,14,15). The number of hydrogen-bond donors (Lipinski definition) is 2. The van der Waals surface area contributed by atoms with Crippen molar-refractivity contribution in [2.75, 3.05) is 5.32 Å². The molecule has 0 aromatic carbocycles. The third-order valence-corrected chi connectivity index (χ3v) is 2.43. The Bertz CT molecular complexity index is 399. The Kier molecular flexibility index (Phi) is 3.65. The molecule has 2 N–H and O–H groups in total. The second kappa shape index (κ2) is 4.78. The van der Waals surface area contributed by atoms with Crippen molar-refractivity contribution in [2.45, 2.75) is 20.8 Å². The predicted molar refractivity (Wildman–Crippen MR) is 55.8 cm³/mol. The first-order valence-electron chi connectivity index (χ1n) is 4.88. The van der Waals surface area contributed by atoms with Gasteiger partial charge in [-0.1, -0.05) is 19.0 Å². The fraction of sp³-hybridized carbons (Fsp3) is 0.500. The Hall–Kier alpha value is -1.85. The van der Waals surface area contributed by atoms with Gasteiger partial charge in [-0.05, 0) is 6.92 Å². The molecule has 1 rings (SSSR count). The van der Waals surface area contributed by atoms with E-state index >= 15 is 0 Å². The van der Waals surface area contributed by atoms with Crippen molar-refractivity contribution in [2.24, 2.45) is 11.8 Å². The monoisotopic (exact) mass is 226 g/mol.